The van der Waals surface area contributed by atoms with Gasteiger partial charge in [-0.05, 0) is 29.5 Å². The predicted octanol–water partition coefficient (Wildman–Crippen LogP) is 3.93. The number of hydrogen-bond acceptors (Lipinski definition) is 2. The summed E-state index contributed by atoms with van der Waals surface area (Å²) in [6.45, 7) is 8.45. The van der Waals surface area contributed by atoms with Gasteiger partial charge in [-0.2, -0.15) is 0 Å². The molecule has 1 atom stereocenters. The van der Waals surface area contributed by atoms with Gasteiger partial charge in [-0.1, -0.05) is 39.3 Å². The number of carbonyl (C=O) groups is 1. The molecule has 0 bridgehead atoms. The van der Waals surface area contributed by atoms with Crippen LogP contribution in [0, 0.1) is 11.3 Å². The average molecular weight is 269 g/mol. The average Bonchev–Trinajstić information content (AvgIpc) is 2.20. The third-order valence-electron chi connectivity index (χ3n) is 3.26. The molecule has 3 nitrogen and oxygen atoms in total. The minimum absolute atomic E-state index is 0.0218. The summed E-state index contributed by atoms with van der Waals surface area (Å²) < 4.78 is 0. The summed E-state index contributed by atoms with van der Waals surface area (Å²) in [6, 6.07) is 5.06. The van der Waals surface area contributed by atoms with E-state index in [0.29, 0.717) is 28.7 Å². The van der Waals surface area contributed by atoms with Crippen LogP contribution in [0.15, 0.2) is 18.2 Å². The maximum absolute atomic E-state index is 11.9. The molecule has 1 unspecified atom stereocenters. The largest absolute Gasteiger partial charge is 0.397 e. The molecule has 0 spiro atoms. The summed E-state index contributed by atoms with van der Waals surface area (Å²) in [5, 5.41) is 3.38. The van der Waals surface area contributed by atoms with Gasteiger partial charge in [0.05, 0.1) is 11.4 Å². The fraction of sp³-hybridized carbons (Fsp3) is 0.500. The highest BCUT2D eigenvalue weighted by molar-refractivity contribution is 6.31. The number of nitrogens with one attached hydrogen (secondary N) is 1. The van der Waals surface area contributed by atoms with Crippen molar-refractivity contribution in [2.24, 2.45) is 11.3 Å². The molecule has 1 aromatic rings. The molecule has 0 saturated heterocycles. The van der Waals surface area contributed by atoms with Gasteiger partial charge in [0.2, 0.25) is 5.91 Å². The van der Waals surface area contributed by atoms with Gasteiger partial charge in [-0.15, -0.1) is 0 Å². The summed E-state index contributed by atoms with van der Waals surface area (Å²) in [4.78, 5) is 11.9. The van der Waals surface area contributed by atoms with Crippen LogP contribution in [0.5, 0.6) is 0 Å². The first-order valence-corrected chi connectivity index (χ1v) is 6.43. The minimum atomic E-state index is -0.0218. The molecule has 0 radical (unpaired) electrons. The Labute approximate surface area is 114 Å². The van der Waals surface area contributed by atoms with Crippen molar-refractivity contribution in [1.29, 1.82) is 0 Å². The second kappa shape index (κ2) is 5.61. The van der Waals surface area contributed by atoms with Gasteiger partial charge < -0.3 is 11.1 Å². The molecule has 0 heterocycles. The van der Waals surface area contributed by atoms with Crippen LogP contribution in [0.1, 0.15) is 34.1 Å². The lowest BCUT2D eigenvalue weighted by Crippen LogP contribution is -2.24. The summed E-state index contributed by atoms with van der Waals surface area (Å²) in [5.41, 5.74) is 7.00. The van der Waals surface area contributed by atoms with Crippen molar-refractivity contribution < 1.29 is 4.79 Å². The van der Waals surface area contributed by atoms with Crippen LogP contribution in [0.3, 0.4) is 0 Å². The molecule has 0 aliphatic heterocycles. The first kappa shape index (κ1) is 14.8. The lowest BCUT2D eigenvalue weighted by Gasteiger charge is -2.26. The van der Waals surface area contributed by atoms with Crippen LogP contribution >= 0.6 is 11.6 Å². The Morgan fingerprint density at radius 1 is 1.44 bits per heavy atom. The summed E-state index contributed by atoms with van der Waals surface area (Å²) >= 11 is 5.80. The van der Waals surface area contributed by atoms with Crippen molar-refractivity contribution in [3.05, 3.63) is 23.2 Å². The van der Waals surface area contributed by atoms with Gasteiger partial charge in [0.1, 0.15) is 0 Å². The summed E-state index contributed by atoms with van der Waals surface area (Å²) in [5.74, 6) is 0.275. The van der Waals surface area contributed by atoms with Gasteiger partial charge in [0.25, 0.3) is 0 Å². The SMILES string of the molecule is CC(CC(=O)Nc1ccc(Cl)cc1N)C(C)(C)C. The van der Waals surface area contributed by atoms with Gasteiger partial charge in [0, 0.05) is 11.4 Å². The number of rotatable bonds is 3. The number of benzene rings is 1. The monoisotopic (exact) mass is 268 g/mol. The topological polar surface area (TPSA) is 55.1 Å². The molecule has 0 fully saturated rings. The molecule has 0 aromatic heterocycles. The van der Waals surface area contributed by atoms with E-state index in [9.17, 15) is 4.79 Å². The molecule has 4 heteroatoms. The lowest BCUT2D eigenvalue weighted by atomic mass is 9.80. The highest BCUT2D eigenvalue weighted by Gasteiger charge is 2.22. The van der Waals surface area contributed by atoms with E-state index < -0.39 is 0 Å². The van der Waals surface area contributed by atoms with E-state index in [1.54, 1.807) is 18.2 Å². The number of anilines is 2. The van der Waals surface area contributed by atoms with Crippen molar-refractivity contribution >= 4 is 28.9 Å². The fourth-order valence-corrected chi connectivity index (χ4v) is 1.61. The van der Waals surface area contributed by atoms with Gasteiger partial charge in [0.15, 0.2) is 0 Å². The second-order valence-electron chi connectivity index (χ2n) is 5.75. The Kier molecular flexibility index (Phi) is 4.63. The van der Waals surface area contributed by atoms with Crippen LogP contribution in [-0.4, -0.2) is 5.91 Å². The van der Waals surface area contributed by atoms with E-state index in [1.165, 1.54) is 0 Å². The number of hydrogen-bond donors (Lipinski definition) is 2. The smallest absolute Gasteiger partial charge is 0.224 e. The van der Waals surface area contributed by atoms with Gasteiger partial charge in [-0.25, -0.2) is 0 Å². The Morgan fingerprint density at radius 3 is 2.56 bits per heavy atom. The molecule has 1 rings (SSSR count). The number of carbonyl (C=O) groups excluding carboxylic acids is 1. The van der Waals surface area contributed by atoms with Crippen molar-refractivity contribution in [3.8, 4) is 0 Å². The number of amides is 1. The van der Waals surface area contributed by atoms with E-state index in [0.717, 1.165) is 0 Å². The standard InChI is InChI=1S/C14H21ClN2O/c1-9(14(2,3)4)7-13(18)17-12-6-5-10(15)8-11(12)16/h5-6,8-9H,7,16H2,1-4H3,(H,17,18). The molecular formula is C14H21ClN2O. The summed E-state index contributed by atoms with van der Waals surface area (Å²) in [7, 11) is 0. The zero-order valence-electron chi connectivity index (χ0n) is 11.4. The molecule has 3 N–H and O–H groups in total. The van der Waals surface area contributed by atoms with Crippen LogP contribution in [0.4, 0.5) is 11.4 Å². The number of halogens is 1. The molecule has 0 aliphatic carbocycles. The van der Waals surface area contributed by atoms with E-state index >= 15 is 0 Å². The highest BCUT2D eigenvalue weighted by atomic mass is 35.5. The first-order chi connectivity index (χ1) is 8.20. The molecule has 18 heavy (non-hydrogen) atoms. The van der Waals surface area contributed by atoms with E-state index in [-0.39, 0.29) is 11.3 Å². The molecule has 1 aromatic carbocycles. The van der Waals surface area contributed by atoms with E-state index in [4.69, 9.17) is 17.3 Å². The Morgan fingerprint density at radius 2 is 2.06 bits per heavy atom. The Balaban J connectivity index is 2.65. The molecular weight excluding hydrogens is 248 g/mol. The lowest BCUT2D eigenvalue weighted by molar-refractivity contribution is -0.117. The predicted molar refractivity (Wildman–Crippen MR) is 77.7 cm³/mol. The van der Waals surface area contributed by atoms with Crippen molar-refractivity contribution in [2.45, 2.75) is 34.1 Å². The normalized spacial score (nSPS) is 13.2. The third-order valence-corrected chi connectivity index (χ3v) is 3.49. The zero-order valence-corrected chi connectivity index (χ0v) is 12.1. The third kappa shape index (κ3) is 4.22. The highest BCUT2D eigenvalue weighted by Crippen LogP contribution is 2.29. The molecule has 0 aliphatic rings. The Hall–Kier alpha value is -1.22. The summed E-state index contributed by atoms with van der Waals surface area (Å²) in [6.07, 6.45) is 0.478. The van der Waals surface area contributed by atoms with Crippen LogP contribution in [-0.2, 0) is 4.79 Å². The zero-order chi connectivity index (χ0) is 13.9. The van der Waals surface area contributed by atoms with Crippen LogP contribution in [0.25, 0.3) is 0 Å². The van der Waals surface area contributed by atoms with Gasteiger partial charge in [-0.3, -0.25) is 4.79 Å². The van der Waals surface area contributed by atoms with Gasteiger partial charge >= 0.3 is 0 Å². The van der Waals surface area contributed by atoms with E-state index in [2.05, 4.69) is 33.0 Å². The second-order valence-corrected chi connectivity index (χ2v) is 6.19. The van der Waals surface area contributed by atoms with Crippen LogP contribution in [0.2, 0.25) is 5.02 Å². The van der Waals surface area contributed by atoms with Crippen LogP contribution < -0.4 is 11.1 Å². The Bertz CT molecular complexity index is 438. The number of nitrogen functional groups attached to an aromatic ring is 1. The number of nitrogens with two attached hydrogens (primary N) is 1. The maximum Gasteiger partial charge on any atom is 0.224 e. The quantitative estimate of drug-likeness (QED) is 0.816. The van der Waals surface area contributed by atoms with Crippen molar-refractivity contribution in [1.82, 2.24) is 0 Å². The molecule has 100 valence electrons. The fourth-order valence-electron chi connectivity index (χ4n) is 1.43. The molecule has 0 saturated carbocycles. The maximum atomic E-state index is 11.9. The van der Waals surface area contributed by atoms with E-state index in [1.807, 2.05) is 0 Å². The van der Waals surface area contributed by atoms with Crippen molar-refractivity contribution in [3.63, 3.8) is 0 Å². The minimum Gasteiger partial charge on any atom is -0.397 e. The first-order valence-electron chi connectivity index (χ1n) is 6.05. The van der Waals surface area contributed by atoms with Crippen molar-refractivity contribution in [2.75, 3.05) is 11.1 Å². The molecule has 1 amide bonds.